The maximum Gasteiger partial charge on any atom is 0.254 e. The molecule has 1 aromatic carbocycles. The smallest absolute Gasteiger partial charge is 0.254 e. The Hall–Kier alpha value is -1.60. The Morgan fingerprint density at radius 3 is 2.44 bits per heavy atom. The van der Waals surface area contributed by atoms with E-state index < -0.39 is 43.2 Å². The first-order valence-corrected chi connectivity index (χ1v) is 14.1. The molecule has 0 saturated carbocycles. The van der Waals surface area contributed by atoms with Crippen LogP contribution in [0.2, 0.25) is 0 Å². The molecule has 3 saturated heterocycles. The van der Waals surface area contributed by atoms with Gasteiger partial charge in [0.15, 0.2) is 9.84 Å². The first kappa shape index (κ1) is 23.6. The van der Waals surface area contributed by atoms with E-state index in [0.29, 0.717) is 0 Å². The molecule has 1 aromatic rings. The monoisotopic (exact) mass is 489 g/mol. The van der Waals surface area contributed by atoms with E-state index >= 15 is 0 Å². The summed E-state index contributed by atoms with van der Waals surface area (Å²) >= 11 is 0. The van der Waals surface area contributed by atoms with Crippen molar-refractivity contribution in [1.29, 1.82) is 0 Å². The Morgan fingerprint density at radius 2 is 1.75 bits per heavy atom. The number of carbonyl (C=O) groups is 1. The second kappa shape index (κ2) is 9.34. The van der Waals surface area contributed by atoms with Crippen LogP contribution in [0, 0.1) is 5.82 Å². The van der Waals surface area contributed by atoms with Crippen molar-refractivity contribution >= 4 is 25.8 Å². The largest absolute Gasteiger partial charge is 0.379 e. The summed E-state index contributed by atoms with van der Waals surface area (Å²) in [6, 6.07) is 2.06. The van der Waals surface area contributed by atoms with Gasteiger partial charge in [0.25, 0.3) is 5.91 Å². The number of carbonyl (C=O) groups excluding carboxylic acids is 1. The quantitative estimate of drug-likeness (QED) is 0.630. The number of piperidine rings is 1. The van der Waals surface area contributed by atoms with Crippen LogP contribution in [-0.4, -0.2) is 94.9 Å². The van der Waals surface area contributed by atoms with E-state index in [0.717, 1.165) is 50.6 Å². The average Bonchev–Trinajstić information content (AvgIpc) is 3.09. The number of nitrogens with zero attached hydrogens (tertiary/aromatic N) is 2. The molecule has 0 aliphatic carbocycles. The number of sulfone groups is 1. The molecule has 0 radical (unpaired) electrons. The lowest BCUT2D eigenvalue weighted by Gasteiger charge is -2.35. The van der Waals surface area contributed by atoms with Gasteiger partial charge >= 0.3 is 0 Å². The molecule has 12 heteroatoms. The minimum absolute atomic E-state index is 0.0497. The van der Waals surface area contributed by atoms with Gasteiger partial charge in [-0.2, -0.15) is 4.31 Å². The summed E-state index contributed by atoms with van der Waals surface area (Å²) in [6.45, 7) is 2.41. The predicted octanol–water partition coefficient (Wildman–Crippen LogP) is 0.228. The molecule has 4 rings (SSSR count). The van der Waals surface area contributed by atoms with Gasteiger partial charge in [0.05, 0.1) is 41.2 Å². The number of morpholine rings is 1. The second-order valence-corrected chi connectivity index (χ2v) is 12.6. The summed E-state index contributed by atoms with van der Waals surface area (Å²) in [5.41, 5.74) is -0.416. The zero-order valence-electron chi connectivity index (χ0n) is 17.7. The molecule has 0 bridgehead atoms. The lowest BCUT2D eigenvalue weighted by molar-refractivity contribution is 0.0730. The fourth-order valence-corrected chi connectivity index (χ4v) is 7.98. The van der Waals surface area contributed by atoms with Crippen LogP contribution in [0.5, 0.6) is 0 Å². The van der Waals surface area contributed by atoms with Crippen LogP contribution in [0.25, 0.3) is 0 Å². The van der Waals surface area contributed by atoms with Gasteiger partial charge < -0.3 is 10.1 Å². The number of likely N-dealkylation sites (tertiary alicyclic amines) is 1. The third-order valence-electron chi connectivity index (χ3n) is 6.29. The molecular formula is C20H28FN3O6S2. The van der Waals surface area contributed by atoms with Gasteiger partial charge in [0.2, 0.25) is 10.0 Å². The Kier molecular flexibility index (Phi) is 6.87. The van der Waals surface area contributed by atoms with E-state index in [9.17, 15) is 26.0 Å². The number of amides is 1. The topological polar surface area (TPSA) is 113 Å². The van der Waals surface area contributed by atoms with Crippen molar-refractivity contribution in [3.63, 3.8) is 0 Å². The number of ether oxygens (including phenoxy) is 1. The van der Waals surface area contributed by atoms with Crippen LogP contribution in [-0.2, 0) is 24.6 Å². The van der Waals surface area contributed by atoms with Gasteiger partial charge in [0.1, 0.15) is 5.82 Å². The number of halogens is 1. The summed E-state index contributed by atoms with van der Waals surface area (Å²) in [4.78, 5) is 14.8. The fourth-order valence-electron chi connectivity index (χ4n) is 4.60. The van der Waals surface area contributed by atoms with Crippen molar-refractivity contribution in [2.24, 2.45) is 0 Å². The standard InChI is InChI=1S/C20H28FN3O6S2/c21-17-5-4-15(32(28,29)24-8-10-30-11-9-24)12-16(17)20(25)22-18-13-31(26,27)14-19(18)23-6-2-1-3-7-23/h4-5,12,18-19H,1-3,6-11,13-14H2,(H,22,25). The average molecular weight is 490 g/mol. The molecule has 2 unspecified atom stereocenters. The first-order chi connectivity index (χ1) is 15.2. The zero-order valence-corrected chi connectivity index (χ0v) is 19.3. The lowest BCUT2D eigenvalue weighted by atomic mass is 10.0. The summed E-state index contributed by atoms with van der Waals surface area (Å²) in [5, 5.41) is 2.67. The van der Waals surface area contributed by atoms with E-state index in [-0.39, 0.29) is 48.7 Å². The van der Waals surface area contributed by atoms with Crippen LogP contribution in [0.15, 0.2) is 23.1 Å². The highest BCUT2D eigenvalue weighted by Gasteiger charge is 2.42. The number of hydrogen-bond donors (Lipinski definition) is 1. The molecular weight excluding hydrogens is 461 g/mol. The van der Waals surface area contributed by atoms with E-state index in [4.69, 9.17) is 4.74 Å². The number of hydrogen-bond acceptors (Lipinski definition) is 7. The van der Waals surface area contributed by atoms with Crippen molar-refractivity contribution in [3.8, 4) is 0 Å². The minimum atomic E-state index is -3.91. The SMILES string of the molecule is O=C(NC1CS(=O)(=O)CC1N1CCCCC1)c1cc(S(=O)(=O)N2CCOCC2)ccc1F. The van der Waals surface area contributed by atoms with Crippen molar-refractivity contribution in [2.45, 2.75) is 36.2 Å². The van der Waals surface area contributed by atoms with Crippen LogP contribution in [0.3, 0.4) is 0 Å². The third kappa shape index (κ3) is 4.98. The van der Waals surface area contributed by atoms with E-state index in [1.54, 1.807) is 0 Å². The molecule has 3 aliphatic heterocycles. The van der Waals surface area contributed by atoms with Gasteiger partial charge in [-0.15, -0.1) is 0 Å². The molecule has 0 aromatic heterocycles. The highest BCUT2D eigenvalue weighted by atomic mass is 32.2. The molecule has 9 nitrogen and oxygen atoms in total. The second-order valence-electron chi connectivity index (χ2n) is 8.48. The summed E-state index contributed by atoms with van der Waals surface area (Å²) < 4.78 is 71.3. The molecule has 3 fully saturated rings. The highest BCUT2D eigenvalue weighted by Crippen LogP contribution is 2.24. The Balaban J connectivity index is 1.55. The zero-order chi connectivity index (χ0) is 22.9. The van der Waals surface area contributed by atoms with Crippen molar-refractivity contribution < 1.29 is 30.8 Å². The maximum absolute atomic E-state index is 14.5. The number of nitrogens with one attached hydrogen (secondary N) is 1. The lowest BCUT2D eigenvalue weighted by Crippen LogP contribution is -2.52. The molecule has 0 spiro atoms. The van der Waals surface area contributed by atoms with E-state index in [1.165, 1.54) is 4.31 Å². The minimum Gasteiger partial charge on any atom is -0.379 e. The van der Waals surface area contributed by atoms with Gasteiger partial charge in [-0.25, -0.2) is 21.2 Å². The molecule has 2 atom stereocenters. The van der Waals surface area contributed by atoms with Crippen LogP contribution < -0.4 is 5.32 Å². The van der Waals surface area contributed by atoms with Crippen LogP contribution in [0.1, 0.15) is 29.6 Å². The summed E-state index contributed by atoms with van der Waals surface area (Å²) in [6.07, 6.45) is 3.02. The Labute approximate surface area is 187 Å². The molecule has 32 heavy (non-hydrogen) atoms. The molecule has 3 heterocycles. The summed E-state index contributed by atoms with van der Waals surface area (Å²) in [5.74, 6) is -1.94. The normalized spacial score (nSPS) is 27.3. The van der Waals surface area contributed by atoms with Crippen LogP contribution >= 0.6 is 0 Å². The van der Waals surface area contributed by atoms with Crippen molar-refractivity contribution in [2.75, 3.05) is 50.9 Å². The van der Waals surface area contributed by atoms with Crippen LogP contribution in [0.4, 0.5) is 4.39 Å². The number of rotatable bonds is 5. The number of sulfonamides is 1. The van der Waals surface area contributed by atoms with E-state index in [1.807, 2.05) is 0 Å². The van der Waals surface area contributed by atoms with Gasteiger partial charge in [0, 0.05) is 19.1 Å². The summed E-state index contributed by atoms with van der Waals surface area (Å²) in [7, 11) is -7.25. The highest BCUT2D eigenvalue weighted by molar-refractivity contribution is 7.91. The fraction of sp³-hybridized carbons (Fsp3) is 0.650. The van der Waals surface area contributed by atoms with Gasteiger partial charge in [-0.05, 0) is 44.1 Å². The number of benzene rings is 1. The molecule has 1 amide bonds. The Bertz CT molecular complexity index is 1070. The first-order valence-electron chi connectivity index (χ1n) is 10.8. The van der Waals surface area contributed by atoms with E-state index in [2.05, 4.69) is 10.2 Å². The van der Waals surface area contributed by atoms with Crippen molar-refractivity contribution in [1.82, 2.24) is 14.5 Å². The predicted molar refractivity (Wildman–Crippen MR) is 115 cm³/mol. The van der Waals surface area contributed by atoms with Gasteiger partial charge in [-0.3, -0.25) is 9.69 Å². The maximum atomic E-state index is 14.5. The Morgan fingerprint density at radius 1 is 1.06 bits per heavy atom. The van der Waals surface area contributed by atoms with Gasteiger partial charge in [-0.1, -0.05) is 6.42 Å². The molecule has 1 N–H and O–H groups in total. The molecule has 3 aliphatic rings. The third-order valence-corrected chi connectivity index (χ3v) is 9.90. The molecule has 178 valence electrons. The van der Waals surface area contributed by atoms with Crippen molar-refractivity contribution in [3.05, 3.63) is 29.6 Å².